The van der Waals surface area contributed by atoms with Crippen molar-refractivity contribution in [3.63, 3.8) is 0 Å². The molecule has 1 aromatic carbocycles. The first-order chi connectivity index (χ1) is 9.70. The molecular weight excluding hydrogens is 281 g/mol. The zero-order valence-electron chi connectivity index (χ0n) is 11.1. The van der Waals surface area contributed by atoms with E-state index < -0.39 is 5.82 Å². The number of hydrogen-bond donors (Lipinski definition) is 1. The van der Waals surface area contributed by atoms with E-state index in [0.29, 0.717) is 6.54 Å². The van der Waals surface area contributed by atoms with Gasteiger partial charge in [-0.3, -0.25) is 0 Å². The number of nitrogens with one attached hydrogen (secondary N) is 1. The summed E-state index contributed by atoms with van der Waals surface area (Å²) in [5, 5.41) is 11.1. The van der Waals surface area contributed by atoms with Crippen LogP contribution >= 0.6 is 11.6 Å². The van der Waals surface area contributed by atoms with Crippen molar-refractivity contribution < 1.29 is 9.13 Å². The third-order valence-electron chi connectivity index (χ3n) is 2.56. The first-order valence-corrected chi connectivity index (χ1v) is 6.73. The van der Waals surface area contributed by atoms with Crippen molar-refractivity contribution >= 4 is 11.6 Å². The van der Waals surface area contributed by atoms with Gasteiger partial charge < -0.3 is 10.1 Å². The molecule has 1 heterocycles. The zero-order valence-corrected chi connectivity index (χ0v) is 11.8. The number of halogens is 2. The van der Waals surface area contributed by atoms with Gasteiger partial charge in [-0.2, -0.15) is 5.10 Å². The molecule has 0 aliphatic carbocycles. The second kappa shape index (κ2) is 7.17. The van der Waals surface area contributed by atoms with E-state index in [0.717, 1.165) is 18.7 Å². The average molecular weight is 296 g/mol. The van der Waals surface area contributed by atoms with Gasteiger partial charge in [0.2, 0.25) is 5.88 Å². The standard InChI is InChI=1S/C14H15ClFN3O/c1-2-8-17-9-10-6-7-13(19-18-10)20-12-5-3-4-11(15)14(12)16/h3-7,17H,2,8-9H2,1H3. The SMILES string of the molecule is CCCNCc1ccc(Oc2cccc(Cl)c2F)nn1. The summed E-state index contributed by atoms with van der Waals surface area (Å²) in [5.74, 6) is -0.348. The van der Waals surface area contributed by atoms with Crippen LogP contribution in [-0.4, -0.2) is 16.7 Å². The number of rotatable bonds is 6. The van der Waals surface area contributed by atoms with Gasteiger partial charge in [0.25, 0.3) is 0 Å². The Labute approximate surface area is 121 Å². The third-order valence-corrected chi connectivity index (χ3v) is 2.85. The minimum Gasteiger partial charge on any atom is -0.434 e. The van der Waals surface area contributed by atoms with E-state index in [2.05, 4.69) is 22.4 Å². The molecule has 0 amide bonds. The summed E-state index contributed by atoms with van der Waals surface area (Å²) in [6, 6.07) is 7.98. The van der Waals surface area contributed by atoms with Crippen LogP contribution in [-0.2, 0) is 6.54 Å². The lowest BCUT2D eigenvalue weighted by Crippen LogP contribution is -2.15. The molecule has 20 heavy (non-hydrogen) atoms. The number of aromatic nitrogens is 2. The summed E-state index contributed by atoms with van der Waals surface area (Å²) in [5.41, 5.74) is 0.803. The van der Waals surface area contributed by atoms with E-state index in [1.54, 1.807) is 18.2 Å². The fourth-order valence-electron chi connectivity index (χ4n) is 1.57. The number of ether oxygens (including phenoxy) is 1. The van der Waals surface area contributed by atoms with Gasteiger partial charge in [0, 0.05) is 12.6 Å². The van der Waals surface area contributed by atoms with E-state index in [-0.39, 0.29) is 16.7 Å². The van der Waals surface area contributed by atoms with Gasteiger partial charge in [-0.25, -0.2) is 4.39 Å². The largest absolute Gasteiger partial charge is 0.434 e. The predicted octanol–water partition coefficient (Wildman–Crippen LogP) is 3.56. The van der Waals surface area contributed by atoms with Gasteiger partial charge in [0.15, 0.2) is 11.6 Å². The summed E-state index contributed by atoms with van der Waals surface area (Å²) in [6.07, 6.45) is 1.06. The van der Waals surface area contributed by atoms with Gasteiger partial charge in [-0.15, -0.1) is 5.10 Å². The van der Waals surface area contributed by atoms with Crippen molar-refractivity contribution in [3.05, 3.63) is 46.9 Å². The van der Waals surface area contributed by atoms with Crippen molar-refractivity contribution in [2.24, 2.45) is 0 Å². The monoisotopic (exact) mass is 295 g/mol. The van der Waals surface area contributed by atoms with E-state index in [4.69, 9.17) is 16.3 Å². The highest BCUT2D eigenvalue weighted by Crippen LogP contribution is 2.27. The van der Waals surface area contributed by atoms with Crippen LogP contribution in [0.15, 0.2) is 30.3 Å². The first-order valence-electron chi connectivity index (χ1n) is 6.36. The molecule has 0 aliphatic heterocycles. The molecule has 0 radical (unpaired) electrons. The van der Waals surface area contributed by atoms with Crippen LogP contribution in [0.2, 0.25) is 5.02 Å². The van der Waals surface area contributed by atoms with Crippen molar-refractivity contribution in [2.45, 2.75) is 19.9 Å². The van der Waals surface area contributed by atoms with Crippen LogP contribution < -0.4 is 10.1 Å². The zero-order chi connectivity index (χ0) is 14.4. The highest BCUT2D eigenvalue weighted by atomic mass is 35.5. The van der Waals surface area contributed by atoms with Gasteiger partial charge >= 0.3 is 0 Å². The normalized spacial score (nSPS) is 10.6. The van der Waals surface area contributed by atoms with E-state index in [1.165, 1.54) is 12.1 Å². The predicted molar refractivity (Wildman–Crippen MR) is 75.5 cm³/mol. The van der Waals surface area contributed by atoms with Crippen LogP contribution in [0.5, 0.6) is 11.6 Å². The van der Waals surface area contributed by atoms with Crippen LogP contribution in [0.25, 0.3) is 0 Å². The first kappa shape index (κ1) is 14.7. The maximum Gasteiger partial charge on any atom is 0.239 e. The second-order valence-electron chi connectivity index (χ2n) is 4.19. The summed E-state index contributed by atoms with van der Waals surface area (Å²) < 4.78 is 19.0. The molecule has 0 aliphatic rings. The average Bonchev–Trinajstić information content (AvgIpc) is 2.46. The maximum absolute atomic E-state index is 13.7. The highest BCUT2D eigenvalue weighted by molar-refractivity contribution is 6.30. The van der Waals surface area contributed by atoms with Gasteiger partial charge in [-0.1, -0.05) is 24.6 Å². The topological polar surface area (TPSA) is 47.0 Å². The van der Waals surface area contributed by atoms with E-state index >= 15 is 0 Å². The molecule has 0 spiro atoms. The van der Waals surface area contributed by atoms with Crippen molar-refractivity contribution in [3.8, 4) is 11.6 Å². The lowest BCUT2D eigenvalue weighted by Gasteiger charge is -2.07. The smallest absolute Gasteiger partial charge is 0.239 e. The van der Waals surface area contributed by atoms with Gasteiger partial charge in [0.1, 0.15) is 0 Å². The van der Waals surface area contributed by atoms with Crippen LogP contribution in [0.4, 0.5) is 4.39 Å². The van der Waals surface area contributed by atoms with E-state index in [9.17, 15) is 4.39 Å². The fraction of sp³-hybridized carbons (Fsp3) is 0.286. The Kier molecular flexibility index (Phi) is 5.26. The fourth-order valence-corrected chi connectivity index (χ4v) is 1.73. The van der Waals surface area contributed by atoms with Crippen LogP contribution in [0, 0.1) is 5.82 Å². The van der Waals surface area contributed by atoms with Crippen LogP contribution in [0.3, 0.4) is 0 Å². The Morgan fingerprint density at radius 3 is 2.80 bits per heavy atom. The summed E-state index contributed by atoms with van der Waals surface area (Å²) in [7, 11) is 0. The molecule has 0 saturated heterocycles. The number of nitrogens with zero attached hydrogens (tertiary/aromatic N) is 2. The van der Waals surface area contributed by atoms with Gasteiger partial charge in [-0.05, 0) is 31.2 Å². The second-order valence-corrected chi connectivity index (χ2v) is 4.60. The van der Waals surface area contributed by atoms with Crippen LogP contribution in [0.1, 0.15) is 19.0 Å². The minimum absolute atomic E-state index is 0.0100. The summed E-state index contributed by atoms with van der Waals surface area (Å²) in [6.45, 7) is 3.66. The molecular formula is C14H15ClFN3O. The quantitative estimate of drug-likeness (QED) is 0.828. The molecule has 2 aromatic rings. The number of benzene rings is 1. The Bertz CT molecular complexity index is 563. The van der Waals surface area contributed by atoms with Crippen molar-refractivity contribution in [1.29, 1.82) is 0 Å². The Hall–Kier alpha value is -1.72. The third kappa shape index (κ3) is 3.88. The maximum atomic E-state index is 13.7. The molecule has 106 valence electrons. The molecule has 0 bridgehead atoms. The lowest BCUT2D eigenvalue weighted by atomic mass is 10.3. The van der Waals surface area contributed by atoms with Crippen molar-refractivity contribution in [1.82, 2.24) is 15.5 Å². The summed E-state index contributed by atoms with van der Waals surface area (Å²) in [4.78, 5) is 0. The molecule has 4 nitrogen and oxygen atoms in total. The Balaban J connectivity index is 2.01. The molecule has 1 aromatic heterocycles. The molecule has 0 unspecified atom stereocenters. The highest BCUT2D eigenvalue weighted by Gasteiger charge is 2.09. The van der Waals surface area contributed by atoms with Gasteiger partial charge in [0.05, 0.1) is 10.7 Å². The molecule has 0 saturated carbocycles. The summed E-state index contributed by atoms with van der Waals surface area (Å²) >= 11 is 5.68. The molecule has 6 heteroatoms. The van der Waals surface area contributed by atoms with E-state index in [1.807, 2.05) is 0 Å². The minimum atomic E-state index is -0.607. The Morgan fingerprint density at radius 1 is 1.25 bits per heavy atom. The lowest BCUT2D eigenvalue weighted by molar-refractivity contribution is 0.420. The molecule has 0 fully saturated rings. The Morgan fingerprint density at radius 2 is 2.10 bits per heavy atom. The molecule has 0 atom stereocenters. The molecule has 2 rings (SSSR count). The van der Waals surface area contributed by atoms with Crippen molar-refractivity contribution in [2.75, 3.05) is 6.54 Å². The number of hydrogen-bond acceptors (Lipinski definition) is 4. The molecule has 1 N–H and O–H groups in total.